The minimum absolute atomic E-state index is 0.00310. The van der Waals surface area contributed by atoms with E-state index in [0.717, 1.165) is 42.1 Å². The number of nitrogens with one attached hydrogen (secondary N) is 1. The summed E-state index contributed by atoms with van der Waals surface area (Å²) in [6, 6.07) is -0.0583. The van der Waals surface area contributed by atoms with Gasteiger partial charge < -0.3 is 15.0 Å². The van der Waals surface area contributed by atoms with E-state index < -0.39 is 0 Å². The summed E-state index contributed by atoms with van der Waals surface area (Å²) in [5.41, 5.74) is -0.147. The molecule has 1 aromatic rings. The predicted molar refractivity (Wildman–Crippen MR) is 89.3 cm³/mol. The number of likely N-dealkylation sites (tertiary alicyclic amines) is 1. The van der Waals surface area contributed by atoms with Crippen molar-refractivity contribution in [2.75, 3.05) is 20.3 Å². The monoisotopic (exact) mass is 325 g/mol. The molecule has 1 N–H and O–H groups in total. The highest BCUT2D eigenvalue weighted by Crippen LogP contribution is 2.34. The van der Waals surface area contributed by atoms with Crippen LogP contribution in [0, 0.1) is 6.92 Å². The number of hydrogen-bond donors (Lipinski definition) is 1. The van der Waals surface area contributed by atoms with Gasteiger partial charge >= 0.3 is 6.03 Å². The molecule has 0 aliphatic carbocycles. The molecule has 5 nitrogen and oxygen atoms in total. The fourth-order valence-corrected chi connectivity index (χ4v) is 4.15. The van der Waals surface area contributed by atoms with Gasteiger partial charge in [-0.15, -0.1) is 11.3 Å². The second kappa shape index (κ2) is 7.42. The zero-order valence-corrected chi connectivity index (χ0v) is 14.8. The molecule has 2 atom stereocenters. The summed E-state index contributed by atoms with van der Waals surface area (Å²) in [6.07, 6.45) is 5.95. The number of rotatable bonds is 6. The fraction of sp³-hybridized carbons (Fsp3) is 0.750. The van der Waals surface area contributed by atoms with Crippen molar-refractivity contribution in [2.45, 2.75) is 58.0 Å². The molecule has 6 heteroatoms. The molecular weight excluding hydrogens is 298 g/mol. The molecule has 0 bridgehead atoms. The lowest BCUT2D eigenvalue weighted by Crippen LogP contribution is -2.54. The van der Waals surface area contributed by atoms with Gasteiger partial charge in [0.2, 0.25) is 0 Å². The molecule has 1 aromatic heterocycles. The van der Waals surface area contributed by atoms with Crippen LogP contribution in [-0.4, -0.2) is 41.7 Å². The third kappa shape index (κ3) is 3.60. The highest BCUT2D eigenvalue weighted by molar-refractivity contribution is 7.11. The minimum atomic E-state index is -0.147. The van der Waals surface area contributed by atoms with Crippen LogP contribution in [0.2, 0.25) is 0 Å². The van der Waals surface area contributed by atoms with E-state index in [9.17, 15) is 4.79 Å². The summed E-state index contributed by atoms with van der Waals surface area (Å²) in [5, 5.41) is 4.06. The normalized spacial score (nSPS) is 22.8. The van der Waals surface area contributed by atoms with Crippen LogP contribution >= 0.6 is 11.3 Å². The molecule has 1 fully saturated rings. The summed E-state index contributed by atoms with van der Waals surface area (Å²) in [6.45, 7) is 7.59. The van der Waals surface area contributed by atoms with Crippen LogP contribution in [0.3, 0.4) is 0 Å². The maximum atomic E-state index is 12.7. The standard InChI is InChI=1S/C16H27N3O2S/c1-5-7-16(11-21-4)8-6-9-19(16)15(20)18-13(3)14-17-10-12(2)22-14/h10,13H,5-9,11H2,1-4H3,(H,18,20)/t13-,16-/m0/s1. The van der Waals surface area contributed by atoms with E-state index in [1.807, 2.05) is 24.9 Å². The Morgan fingerprint density at radius 2 is 2.41 bits per heavy atom. The Kier molecular flexibility index (Phi) is 5.81. The zero-order chi connectivity index (χ0) is 16.2. The first-order valence-electron chi connectivity index (χ1n) is 8.02. The van der Waals surface area contributed by atoms with Crippen LogP contribution in [0.1, 0.15) is 55.5 Å². The first-order chi connectivity index (χ1) is 10.5. The number of carbonyl (C=O) groups is 1. The van der Waals surface area contributed by atoms with E-state index >= 15 is 0 Å². The van der Waals surface area contributed by atoms with Gasteiger partial charge in [-0.2, -0.15) is 0 Å². The van der Waals surface area contributed by atoms with Gasteiger partial charge in [-0.05, 0) is 33.1 Å². The fourth-order valence-electron chi connectivity index (χ4n) is 3.37. The van der Waals surface area contributed by atoms with E-state index in [1.54, 1.807) is 18.4 Å². The van der Waals surface area contributed by atoms with E-state index in [1.165, 1.54) is 0 Å². The summed E-state index contributed by atoms with van der Waals surface area (Å²) in [7, 11) is 1.72. The van der Waals surface area contributed by atoms with Crippen LogP contribution in [-0.2, 0) is 4.74 Å². The van der Waals surface area contributed by atoms with Gasteiger partial charge in [0.1, 0.15) is 5.01 Å². The molecule has 2 heterocycles. The van der Waals surface area contributed by atoms with Crippen molar-refractivity contribution >= 4 is 17.4 Å². The van der Waals surface area contributed by atoms with Crippen molar-refractivity contribution in [1.29, 1.82) is 0 Å². The molecule has 1 aliphatic rings. The highest BCUT2D eigenvalue weighted by Gasteiger charge is 2.43. The zero-order valence-electron chi connectivity index (χ0n) is 14.0. The minimum Gasteiger partial charge on any atom is -0.382 e. The third-order valence-corrected chi connectivity index (χ3v) is 5.41. The number of carbonyl (C=O) groups excluding carboxylic acids is 1. The van der Waals surface area contributed by atoms with E-state index in [-0.39, 0.29) is 17.6 Å². The summed E-state index contributed by atoms with van der Waals surface area (Å²) in [5.74, 6) is 0. The van der Waals surface area contributed by atoms with E-state index in [2.05, 4.69) is 17.2 Å². The lowest BCUT2D eigenvalue weighted by Gasteiger charge is -2.38. The Morgan fingerprint density at radius 1 is 1.64 bits per heavy atom. The van der Waals surface area contributed by atoms with Gasteiger partial charge in [0.15, 0.2) is 0 Å². The van der Waals surface area contributed by atoms with Crippen molar-refractivity contribution in [1.82, 2.24) is 15.2 Å². The molecule has 1 saturated heterocycles. The second-order valence-corrected chi connectivity index (χ2v) is 7.41. The molecule has 0 aromatic carbocycles. The molecule has 1 aliphatic heterocycles. The largest absolute Gasteiger partial charge is 0.382 e. The predicted octanol–water partition coefficient (Wildman–Crippen LogP) is 3.50. The smallest absolute Gasteiger partial charge is 0.318 e. The Labute approximate surface area is 137 Å². The number of thiazole rings is 1. The van der Waals surface area contributed by atoms with Crippen LogP contribution < -0.4 is 5.32 Å². The van der Waals surface area contributed by atoms with Gasteiger partial charge in [0, 0.05) is 24.7 Å². The number of hydrogen-bond acceptors (Lipinski definition) is 4. The number of amides is 2. The molecule has 0 spiro atoms. The van der Waals surface area contributed by atoms with Crippen LogP contribution in [0.25, 0.3) is 0 Å². The van der Waals surface area contributed by atoms with Crippen LogP contribution in [0.4, 0.5) is 4.79 Å². The van der Waals surface area contributed by atoms with E-state index in [4.69, 9.17) is 4.74 Å². The van der Waals surface area contributed by atoms with Gasteiger partial charge in [-0.3, -0.25) is 0 Å². The molecule has 2 amide bonds. The Hall–Kier alpha value is -1.14. The number of methoxy groups -OCH3 is 1. The average Bonchev–Trinajstić information content (AvgIpc) is 3.06. The molecule has 124 valence electrons. The summed E-state index contributed by atoms with van der Waals surface area (Å²) < 4.78 is 5.42. The second-order valence-electron chi connectivity index (χ2n) is 6.14. The lowest BCUT2D eigenvalue weighted by atomic mass is 9.91. The maximum Gasteiger partial charge on any atom is 0.318 e. The number of urea groups is 1. The molecule has 22 heavy (non-hydrogen) atoms. The van der Waals surface area contributed by atoms with Gasteiger partial charge in [0.25, 0.3) is 0 Å². The molecule has 0 saturated carbocycles. The average molecular weight is 325 g/mol. The Morgan fingerprint density at radius 3 is 3.00 bits per heavy atom. The quantitative estimate of drug-likeness (QED) is 0.871. The van der Waals surface area contributed by atoms with Gasteiger partial charge in [-0.25, -0.2) is 9.78 Å². The molecule has 2 rings (SSSR count). The summed E-state index contributed by atoms with van der Waals surface area (Å²) >= 11 is 1.63. The Bertz CT molecular complexity index is 497. The van der Waals surface area contributed by atoms with Crippen LogP contribution in [0.15, 0.2) is 6.20 Å². The van der Waals surface area contributed by atoms with Crippen molar-refractivity contribution in [3.05, 3.63) is 16.1 Å². The first-order valence-corrected chi connectivity index (χ1v) is 8.83. The van der Waals surface area contributed by atoms with Crippen molar-refractivity contribution in [3.63, 3.8) is 0 Å². The van der Waals surface area contributed by atoms with Crippen molar-refractivity contribution in [2.24, 2.45) is 0 Å². The first kappa shape index (κ1) is 17.2. The topological polar surface area (TPSA) is 54.5 Å². The SMILES string of the molecule is CCC[C@@]1(COC)CCCN1C(=O)N[C@@H](C)c1ncc(C)s1. The van der Waals surface area contributed by atoms with Gasteiger partial charge in [-0.1, -0.05) is 13.3 Å². The maximum absolute atomic E-state index is 12.7. The third-order valence-electron chi connectivity index (χ3n) is 4.32. The lowest BCUT2D eigenvalue weighted by molar-refractivity contribution is 0.0495. The highest BCUT2D eigenvalue weighted by atomic mass is 32.1. The van der Waals surface area contributed by atoms with E-state index in [0.29, 0.717) is 6.61 Å². The molecule has 0 unspecified atom stereocenters. The van der Waals surface area contributed by atoms with Crippen molar-refractivity contribution in [3.8, 4) is 0 Å². The number of nitrogens with zero attached hydrogens (tertiary/aromatic N) is 2. The molecule has 0 radical (unpaired) electrons. The van der Waals surface area contributed by atoms with Crippen LogP contribution in [0.5, 0.6) is 0 Å². The molecular formula is C16H27N3O2S. The Balaban J connectivity index is 2.06. The van der Waals surface area contributed by atoms with Gasteiger partial charge in [0.05, 0.1) is 18.2 Å². The number of aromatic nitrogens is 1. The number of ether oxygens (including phenoxy) is 1. The summed E-state index contributed by atoms with van der Waals surface area (Å²) in [4.78, 5) is 20.2. The number of aryl methyl sites for hydroxylation is 1. The van der Waals surface area contributed by atoms with Crippen molar-refractivity contribution < 1.29 is 9.53 Å².